The average molecular weight is 477 g/mol. The van der Waals surface area contributed by atoms with Gasteiger partial charge in [-0.05, 0) is 48.0 Å². The summed E-state index contributed by atoms with van der Waals surface area (Å²) in [4.78, 5) is 25.6. The second-order valence-corrected chi connectivity index (χ2v) is 7.57. The number of hydrogen-bond donors (Lipinski definition) is 1. The number of imidazole rings is 1. The van der Waals surface area contributed by atoms with Crippen LogP contribution in [0, 0.1) is 5.82 Å². The number of fused-ring (bicyclic) bond motifs is 1. The molecule has 3 aromatic heterocycles. The molecule has 3 heterocycles. The van der Waals surface area contributed by atoms with Gasteiger partial charge in [0.15, 0.2) is 5.82 Å². The van der Waals surface area contributed by atoms with Gasteiger partial charge in [-0.15, -0.1) is 0 Å². The molecule has 2 aromatic carbocycles. The molecule has 0 aliphatic rings. The van der Waals surface area contributed by atoms with E-state index >= 15 is 0 Å². The Kier molecular flexibility index (Phi) is 5.48. The van der Waals surface area contributed by atoms with Crippen LogP contribution in [0.5, 0.6) is 0 Å². The van der Waals surface area contributed by atoms with Gasteiger partial charge in [0.05, 0.1) is 29.0 Å². The summed E-state index contributed by atoms with van der Waals surface area (Å²) in [6.45, 7) is 0. The quantitative estimate of drug-likeness (QED) is 0.329. The van der Waals surface area contributed by atoms with Crippen molar-refractivity contribution in [2.45, 2.75) is 6.18 Å². The van der Waals surface area contributed by atoms with E-state index in [1.165, 1.54) is 36.7 Å². The van der Waals surface area contributed by atoms with E-state index in [2.05, 4.69) is 20.3 Å². The van der Waals surface area contributed by atoms with Crippen LogP contribution in [0.4, 0.5) is 23.2 Å². The molecule has 0 bridgehead atoms. The number of amides is 1. The highest BCUT2D eigenvalue weighted by atomic mass is 19.4. The Morgan fingerprint density at radius 3 is 2.46 bits per heavy atom. The first-order chi connectivity index (χ1) is 16.8. The van der Waals surface area contributed by atoms with Crippen LogP contribution in [0.25, 0.3) is 28.2 Å². The first-order valence-electron chi connectivity index (χ1n) is 10.3. The van der Waals surface area contributed by atoms with Crippen molar-refractivity contribution in [1.82, 2.24) is 19.4 Å². The first-order valence-corrected chi connectivity index (χ1v) is 10.3. The van der Waals surface area contributed by atoms with Crippen LogP contribution in [0.15, 0.2) is 85.6 Å². The Hall–Kier alpha value is -4.60. The maximum absolute atomic E-state index is 13.7. The zero-order valence-electron chi connectivity index (χ0n) is 17.8. The normalized spacial score (nSPS) is 11.5. The van der Waals surface area contributed by atoms with Gasteiger partial charge in [0.1, 0.15) is 11.5 Å². The summed E-state index contributed by atoms with van der Waals surface area (Å²) in [6.07, 6.45) is 3.19. The largest absolute Gasteiger partial charge is 0.417 e. The first kappa shape index (κ1) is 22.2. The van der Waals surface area contributed by atoms with Crippen molar-refractivity contribution in [1.29, 1.82) is 0 Å². The summed E-state index contributed by atoms with van der Waals surface area (Å²) >= 11 is 0. The number of carbonyl (C=O) groups excluding carboxylic acids is 1. The summed E-state index contributed by atoms with van der Waals surface area (Å²) in [5.74, 6) is -0.988. The maximum Gasteiger partial charge on any atom is 0.417 e. The van der Waals surface area contributed by atoms with Crippen LogP contribution in [0.2, 0.25) is 0 Å². The zero-order chi connectivity index (χ0) is 24.6. The molecular formula is C25H15F4N5O. The van der Waals surface area contributed by atoms with Crippen LogP contribution in [-0.4, -0.2) is 25.3 Å². The number of carbonyl (C=O) groups is 1. The lowest BCUT2D eigenvalue weighted by Gasteiger charge is -2.15. The predicted molar refractivity (Wildman–Crippen MR) is 121 cm³/mol. The Morgan fingerprint density at radius 1 is 0.943 bits per heavy atom. The molecule has 174 valence electrons. The average Bonchev–Trinajstić information content (AvgIpc) is 3.29. The molecule has 0 radical (unpaired) electrons. The SMILES string of the molecule is O=C(Nc1ccc(F)cc1)c1cc(-c2cccn3c(-c4cnccn4)ncc23)ccc1C(F)(F)F. The number of halogens is 4. The molecule has 0 fully saturated rings. The van der Waals surface area contributed by atoms with E-state index in [-0.39, 0.29) is 5.69 Å². The van der Waals surface area contributed by atoms with Crippen LogP contribution in [0.1, 0.15) is 15.9 Å². The van der Waals surface area contributed by atoms with Crippen LogP contribution in [-0.2, 0) is 6.18 Å². The van der Waals surface area contributed by atoms with Gasteiger partial charge in [0.25, 0.3) is 5.91 Å². The van der Waals surface area contributed by atoms with Gasteiger partial charge >= 0.3 is 6.18 Å². The fourth-order valence-electron chi connectivity index (χ4n) is 3.75. The highest BCUT2D eigenvalue weighted by molar-refractivity contribution is 6.06. The lowest BCUT2D eigenvalue weighted by Crippen LogP contribution is -2.19. The molecule has 5 rings (SSSR count). The van der Waals surface area contributed by atoms with Crippen molar-refractivity contribution in [3.63, 3.8) is 0 Å². The van der Waals surface area contributed by atoms with Gasteiger partial charge in [0.2, 0.25) is 0 Å². The van der Waals surface area contributed by atoms with E-state index in [4.69, 9.17) is 0 Å². The molecule has 0 spiro atoms. The van der Waals surface area contributed by atoms with E-state index in [0.29, 0.717) is 28.2 Å². The van der Waals surface area contributed by atoms with Crippen LogP contribution < -0.4 is 5.32 Å². The maximum atomic E-state index is 13.7. The third kappa shape index (κ3) is 4.33. The molecule has 0 saturated carbocycles. The van der Waals surface area contributed by atoms with Crippen molar-refractivity contribution < 1.29 is 22.4 Å². The van der Waals surface area contributed by atoms with Gasteiger partial charge in [-0.3, -0.25) is 14.2 Å². The number of aromatic nitrogens is 4. The minimum Gasteiger partial charge on any atom is -0.322 e. The van der Waals surface area contributed by atoms with Crippen molar-refractivity contribution in [3.8, 4) is 22.6 Å². The van der Waals surface area contributed by atoms with Crippen molar-refractivity contribution in [2.75, 3.05) is 5.32 Å². The summed E-state index contributed by atoms with van der Waals surface area (Å²) in [7, 11) is 0. The molecule has 1 amide bonds. The number of benzene rings is 2. The second kappa shape index (κ2) is 8.64. The standard InChI is InChI=1S/C25H15F4N5O/c26-16-4-6-17(7-5-16)33-24(35)19-12-15(3-8-20(19)25(27,28)29)18-2-1-11-34-22(18)14-32-23(34)21-13-30-9-10-31-21/h1-14H,(H,33,35). The lowest BCUT2D eigenvalue weighted by molar-refractivity contribution is -0.137. The van der Waals surface area contributed by atoms with Crippen molar-refractivity contribution in [2.24, 2.45) is 0 Å². The smallest absolute Gasteiger partial charge is 0.322 e. The number of anilines is 1. The lowest BCUT2D eigenvalue weighted by atomic mass is 9.98. The number of nitrogens with zero attached hydrogens (tertiary/aromatic N) is 4. The van der Waals surface area contributed by atoms with Gasteiger partial charge in [-0.25, -0.2) is 14.4 Å². The minimum atomic E-state index is -4.75. The van der Waals surface area contributed by atoms with Gasteiger partial charge in [-0.1, -0.05) is 12.1 Å². The number of pyridine rings is 1. The number of rotatable bonds is 4. The molecule has 0 aliphatic heterocycles. The third-order valence-electron chi connectivity index (χ3n) is 5.35. The fourth-order valence-corrected chi connectivity index (χ4v) is 3.75. The Balaban J connectivity index is 1.60. The number of alkyl halides is 3. The topological polar surface area (TPSA) is 72.2 Å². The zero-order valence-corrected chi connectivity index (χ0v) is 17.8. The fraction of sp³-hybridized carbons (Fsp3) is 0.0400. The molecular weight excluding hydrogens is 462 g/mol. The predicted octanol–water partition coefficient (Wildman–Crippen LogP) is 5.87. The van der Waals surface area contributed by atoms with E-state index in [9.17, 15) is 22.4 Å². The van der Waals surface area contributed by atoms with Crippen molar-refractivity contribution >= 4 is 17.1 Å². The highest BCUT2D eigenvalue weighted by Gasteiger charge is 2.35. The molecule has 1 N–H and O–H groups in total. The molecule has 35 heavy (non-hydrogen) atoms. The van der Waals surface area contributed by atoms with E-state index < -0.39 is 29.0 Å². The summed E-state index contributed by atoms with van der Waals surface area (Å²) < 4.78 is 56.1. The molecule has 0 atom stereocenters. The minimum absolute atomic E-state index is 0.168. The third-order valence-corrected chi connectivity index (χ3v) is 5.35. The summed E-state index contributed by atoms with van der Waals surface area (Å²) in [5, 5.41) is 2.40. The Labute approximate surface area is 195 Å². The molecule has 0 aliphatic carbocycles. The summed E-state index contributed by atoms with van der Waals surface area (Å²) in [5.41, 5.74) is 0.616. The second-order valence-electron chi connectivity index (χ2n) is 7.57. The molecule has 0 unspecified atom stereocenters. The van der Waals surface area contributed by atoms with E-state index in [1.54, 1.807) is 35.1 Å². The molecule has 0 saturated heterocycles. The highest BCUT2D eigenvalue weighted by Crippen LogP contribution is 2.36. The number of nitrogens with one attached hydrogen (secondary N) is 1. The van der Waals surface area contributed by atoms with Gasteiger partial charge in [-0.2, -0.15) is 13.2 Å². The Bertz CT molecular complexity index is 1530. The van der Waals surface area contributed by atoms with E-state index in [0.717, 1.165) is 18.2 Å². The van der Waals surface area contributed by atoms with Gasteiger partial charge in [0, 0.05) is 29.8 Å². The molecule has 5 aromatic rings. The van der Waals surface area contributed by atoms with Gasteiger partial charge < -0.3 is 5.32 Å². The van der Waals surface area contributed by atoms with Crippen LogP contribution >= 0.6 is 0 Å². The van der Waals surface area contributed by atoms with E-state index in [1.807, 2.05) is 0 Å². The van der Waals surface area contributed by atoms with Crippen LogP contribution in [0.3, 0.4) is 0 Å². The Morgan fingerprint density at radius 2 is 1.74 bits per heavy atom. The molecule has 10 heteroatoms. The molecule has 6 nitrogen and oxygen atoms in total. The monoisotopic (exact) mass is 477 g/mol. The number of hydrogen-bond acceptors (Lipinski definition) is 4. The van der Waals surface area contributed by atoms with Crippen molar-refractivity contribution in [3.05, 3.63) is 103 Å². The summed E-state index contributed by atoms with van der Waals surface area (Å²) in [6, 6.07) is 11.6.